The summed E-state index contributed by atoms with van der Waals surface area (Å²) in [6, 6.07) is 5.07. The molecule has 27 heavy (non-hydrogen) atoms. The predicted octanol–water partition coefficient (Wildman–Crippen LogP) is 0.906. The molecule has 2 amide bonds. The standard InChI is InChI=1S/C18H25N3O5.ClH/c1-24-16-3-2-13(18(23)21-5-8-25-9-6-21)10-15(16)20-17(22)11-14-12-26-7-4-19-14;/h2-3,10,14,19H,4-9,11-12H2,1H3,(H,20,22);1H. The zero-order valence-electron chi connectivity index (χ0n) is 15.4. The van der Waals surface area contributed by atoms with Gasteiger partial charge in [0, 0.05) is 37.7 Å². The molecule has 0 radical (unpaired) electrons. The Hall–Kier alpha value is -1.87. The molecular formula is C18H26ClN3O5. The summed E-state index contributed by atoms with van der Waals surface area (Å²) in [5.41, 5.74) is 1.01. The summed E-state index contributed by atoms with van der Waals surface area (Å²) < 4.78 is 16.0. The number of carbonyl (C=O) groups is 2. The van der Waals surface area contributed by atoms with Gasteiger partial charge in [-0.3, -0.25) is 9.59 Å². The van der Waals surface area contributed by atoms with E-state index in [0.29, 0.717) is 62.9 Å². The molecule has 2 aliphatic heterocycles. The number of ether oxygens (including phenoxy) is 3. The van der Waals surface area contributed by atoms with Crippen LogP contribution in [0.2, 0.25) is 0 Å². The van der Waals surface area contributed by atoms with Crippen LogP contribution in [0.5, 0.6) is 5.75 Å². The highest BCUT2D eigenvalue weighted by molar-refractivity contribution is 5.98. The average molecular weight is 400 g/mol. The monoisotopic (exact) mass is 399 g/mol. The summed E-state index contributed by atoms with van der Waals surface area (Å²) in [4.78, 5) is 26.8. The van der Waals surface area contributed by atoms with E-state index in [-0.39, 0.29) is 30.3 Å². The van der Waals surface area contributed by atoms with Gasteiger partial charge in [-0.05, 0) is 18.2 Å². The van der Waals surface area contributed by atoms with Gasteiger partial charge in [0.25, 0.3) is 5.91 Å². The second-order valence-corrected chi connectivity index (χ2v) is 6.30. The summed E-state index contributed by atoms with van der Waals surface area (Å²) in [5, 5.41) is 6.10. The zero-order valence-corrected chi connectivity index (χ0v) is 16.2. The van der Waals surface area contributed by atoms with Gasteiger partial charge >= 0.3 is 0 Å². The van der Waals surface area contributed by atoms with Crippen LogP contribution in [-0.2, 0) is 14.3 Å². The molecule has 2 fully saturated rings. The first-order valence-corrected chi connectivity index (χ1v) is 8.83. The Balaban J connectivity index is 0.00000261. The van der Waals surface area contributed by atoms with Crippen LogP contribution in [0.3, 0.4) is 0 Å². The molecular weight excluding hydrogens is 374 g/mol. The third kappa shape index (κ3) is 5.80. The molecule has 3 rings (SSSR count). The van der Waals surface area contributed by atoms with E-state index in [1.54, 1.807) is 23.1 Å². The van der Waals surface area contributed by atoms with Gasteiger partial charge in [0.1, 0.15) is 5.75 Å². The minimum Gasteiger partial charge on any atom is -0.495 e. The van der Waals surface area contributed by atoms with Crippen molar-refractivity contribution in [2.24, 2.45) is 0 Å². The Kier molecular flexibility index (Phi) is 8.30. The third-order valence-electron chi connectivity index (χ3n) is 4.45. The first-order chi connectivity index (χ1) is 12.7. The summed E-state index contributed by atoms with van der Waals surface area (Å²) in [7, 11) is 1.53. The maximum atomic E-state index is 12.6. The van der Waals surface area contributed by atoms with Crippen molar-refractivity contribution in [3.8, 4) is 5.75 Å². The van der Waals surface area contributed by atoms with E-state index in [4.69, 9.17) is 14.2 Å². The number of nitrogens with zero attached hydrogens (tertiary/aromatic N) is 1. The van der Waals surface area contributed by atoms with E-state index in [1.807, 2.05) is 0 Å². The Labute approximate surface area is 164 Å². The molecule has 8 nitrogen and oxygen atoms in total. The van der Waals surface area contributed by atoms with Crippen molar-refractivity contribution in [1.82, 2.24) is 10.2 Å². The molecule has 1 aromatic carbocycles. The topological polar surface area (TPSA) is 89.1 Å². The van der Waals surface area contributed by atoms with Crippen LogP contribution in [0.4, 0.5) is 5.69 Å². The van der Waals surface area contributed by atoms with Gasteiger partial charge in [-0.1, -0.05) is 0 Å². The van der Waals surface area contributed by atoms with Crippen LogP contribution < -0.4 is 15.4 Å². The minimum atomic E-state index is -0.151. The third-order valence-corrected chi connectivity index (χ3v) is 4.45. The Morgan fingerprint density at radius 3 is 2.70 bits per heavy atom. The molecule has 2 aliphatic rings. The quantitative estimate of drug-likeness (QED) is 0.765. The molecule has 1 atom stereocenters. The first-order valence-electron chi connectivity index (χ1n) is 8.83. The molecule has 0 aromatic heterocycles. The predicted molar refractivity (Wildman–Crippen MR) is 103 cm³/mol. The lowest BCUT2D eigenvalue weighted by molar-refractivity contribution is -0.117. The van der Waals surface area contributed by atoms with Crippen molar-refractivity contribution < 1.29 is 23.8 Å². The molecule has 0 bridgehead atoms. The van der Waals surface area contributed by atoms with Crippen LogP contribution in [0, 0.1) is 0 Å². The van der Waals surface area contributed by atoms with Crippen molar-refractivity contribution in [2.45, 2.75) is 12.5 Å². The van der Waals surface area contributed by atoms with Crippen molar-refractivity contribution in [2.75, 3.05) is 58.5 Å². The van der Waals surface area contributed by atoms with Gasteiger partial charge in [-0.25, -0.2) is 0 Å². The van der Waals surface area contributed by atoms with Gasteiger partial charge in [0.15, 0.2) is 0 Å². The van der Waals surface area contributed by atoms with E-state index < -0.39 is 0 Å². The molecule has 0 aliphatic carbocycles. The minimum absolute atomic E-state index is 0. The molecule has 0 saturated carbocycles. The number of morpholine rings is 2. The lowest BCUT2D eigenvalue weighted by Crippen LogP contribution is -2.43. The highest BCUT2D eigenvalue weighted by Crippen LogP contribution is 2.26. The van der Waals surface area contributed by atoms with Gasteiger partial charge in [-0.2, -0.15) is 0 Å². The van der Waals surface area contributed by atoms with Gasteiger partial charge in [0.2, 0.25) is 5.91 Å². The summed E-state index contributed by atoms with van der Waals surface area (Å²) in [6.07, 6.45) is 0.296. The molecule has 150 valence electrons. The van der Waals surface area contributed by atoms with Gasteiger partial charge < -0.3 is 29.7 Å². The number of carbonyl (C=O) groups excluding carboxylic acids is 2. The van der Waals surface area contributed by atoms with E-state index in [9.17, 15) is 9.59 Å². The number of nitrogens with one attached hydrogen (secondary N) is 2. The van der Waals surface area contributed by atoms with Crippen molar-refractivity contribution in [3.05, 3.63) is 23.8 Å². The summed E-state index contributed by atoms with van der Waals surface area (Å²) in [6.45, 7) is 4.15. The largest absolute Gasteiger partial charge is 0.495 e. The number of anilines is 1. The Bertz CT molecular complexity index is 646. The fourth-order valence-electron chi connectivity index (χ4n) is 3.06. The number of benzene rings is 1. The van der Waals surface area contributed by atoms with Gasteiger partial charge in [0.05, 0.1) is 39.2 Å². The van der Waals surface area contributed by atoms with Crippen molar-refractivity contribution >= 4 is 29.9 Å². The molecule has 1 unspecified atom stereocenters. The molecule has 2 saturated heterocycles. The lowest BCUT2D eigenvalue weighted by atomic mass is 10.1. The van der Waals surface area contributed by atoms with E-state index >= 15 is 0 Å². The number of hydrogen-bond donors (Lipinski definition) is 2. The van der Waals surface area contributed by atoms with Crippen LogP contribution in [-0.4, -0.2) is 75.9 Å². The fourth-order valence-corrected chi connectivity index (χ4v) is 3.06. The number of hydrogen-bond acceptors (Lipinski definition) is 6. The number of amides is 2. The van der Waals surface area contributed by atoms with Crippen molar-refractivity contribution in [3.63, 3.8) is 0 Å². The maximum Gasteiger partial charge on any atom is 0.254 e. The maximum absolute atomic E-state index is 12.6. The number of halogens is 1. The van der Waals surface area contributed by atoms with E-state index in [1.165, 1.54) is 7.11 Å². The average Bonchev–Trinajstić information content (AvgIpc) is 2.68. The second-order valence-electron chi connectivity index (χ2n) is 6.30. The highest BCUT2D eigenvalue weighted by atomic mass is 35.5. The molecule has 9 heteroatoms. The SMILES string of the molecule is COc1ccc(C(=O)N2CCOCC2)cc1NC(=O)CC1COCCN1.Cl. The molecule has 1 aromatic rings. The Morgan fingerprint density at radius 2 is 2.04 bits per heavy atom. The van der Waals surface area contributed by atoms with E-state index in [0.717, 1.165) is 6.54 Å². The molecule has 0 spiro atoms. The van der Waals surface area contributed by atoms with E-state index in [2.05, 4.69) is 10.6 Å². The summed E-state index contributed by atoms with van der Waals surface area (Å²) >= 11 is 0. The molecule has 2 N–H and O–H groups in total. The Morgan fingerprint density at radius 1 is 1.26 bits per heavy atom. The number of rotatable bonds is 5. The van der Waals surface area contributed by atoms with Gasteiger partial charge in [-0.15, -0.1) is 12.4 Å². The molecule has 2 heterocycles. The smallest absolute Gasteiger partial charge is 0.254 e. The number of methoxy groups -OCH3 is 1. The second kappa shape index (κ2) is 10.5. The summed E-state index contributed by atoms with van der Waals surface area (Å²) in [5.74, 6) is 0.292. The van der Waals surface area contributed by atoms with Crippen LogP contribution >= 0.6 is 12.4 Å². The van der Waals surface area contributed by atoms with Crippen LogP contribution in [0.1, 0.15) is 16.8 Å². The van der Waals surface area contributed by atoms with Crippen molar-refractivity contribution in [1.29, 1.82) is 0 Å². The lowest BCUT2D eigenvalue weighted by Gasteiger charge is -2.27. The fraction of sp³-hybridized carbons (Fsp3) is 0.556. The normalized spacial score (nSPS) is 19.7. The highest BCUT2D eigenvalue weighted by Gasteiger charge is 2.21. The zero-order chi connectivity index (χ0) is 18.4. The van der Waals surface area contributed by atoms with Crippen LogP contribution in [0.25, 0.3) is 0 Å². The van der Waals surface area contributed by atoms with Crippen LogP contribution in [0.15, 0.2) is 18.2 Å². The first kappa shape index (κ1) is 21.4.